The largest absolute Gasteiger partial charge is 0.493 e. The number of methoxy groups -OCH3 is 1. The highest BCUT2D eigenvalue weighted by atomic mass is 16.5. The monoisotopic (exact) mass is 236 g/mol. The van der Waals surface area contributed by atoms with Crippen molar-refractivity contribution in [3.05, 3.63) is 18.2 Å². The van der Waals surface area contributed by atoms with Crippen molar-refractivity contribution in [1.29, 1.82) is 0 Å². The number of rotatable bonds is 4. The molecule has 2 atom stereocenters. The lowest BCUT2D eigenvalue weighted by molar-refractivity contribution is 0.173. The van der Waals surface area contributed by atoms with Crippen molar-refractivity contribution in [3.63, 3.8) is 0 Å². The summed E-state index contributed by atoms with van der Waals surface area (Å²) in [4.78, 5) is 0. The lowest BCUT2D eigenvalue weighted by atomic mass is 10.1. The Morgan fingerprint density at radius 1 is 1.41 bits per heavy atom. The predicted octanol–water partition coefficient (Wildman–Crippen LogP) is 1.80. The minimum absolute atomic E-state index is 0.119. The number of anilines is 1. The fraction of sp³-hybridized carbons (Fsp3) is 0.538. The van der Waals surface area contributed by atoms with E-state index in [1.807, 2.05) is 18.2 Å². The lowest BCUT2D eigenvalue weighted by Crippen LogP contribution is -2.36. The van der Waals surface area contributed by atoms with E-state index >= 15 is 0 Å². The molecule has 0 aromatic heterocycles. The summed E-state index contributed by atoms with van der Waals surface area (Å²) in [5, 5.41) is 3.43. The van der Waals surface area contributed by atoms with Crippen molar-refractivity contribution >= 4 is 5.69 Å². The van der Waals surface area contributed by atoms with E-state index in [4.69, 9.17) is 15.2 Å². The second-order valence-corrected chi connectivity index (χ2v) is 4.44. The zero-order chi connectivity index (χ0) is 12.3. The number of hydrogen-bond donors (Lipinski definition) is 2. The molecule has 3 N–H and O–H groups in total. The number of nitrogens with one attached hydrogen (secondary N) is 1. The van der Waals surface area contributed by atoms with Gasteiger partial charge in [0.05, 0.1) is 7.11 Å². The summed E-state index contributed by atoms with van der Waals surface area (Å²) in [6.45, 7) is 3.15. The van der Waals surface area contributed by atoms with Gasteiger partial charge in [-0.05, 0) is 38.4 Å². The van der Waals surface area contributed by atoms with Gasteiger partial charge in [0.2, 0.25) is 0 Å². The molecule has 94 valence electrons. The average Bonchev–Trinajstić information content (AvgIpc) is 2.83. The standard InChI is InChI=1S/C13H20N2O2/c1-9(11-4-3-7-15-11)17-13-8-10(14)5-6-12(13)16-2/h5-6,8-9,11,15H,3-4,7,14H2,1-2H3. The molecule has 0 saturated carbocycles. The van der Waals surface area contributed by atoms with Crippen LogP contribution in [0, 0.1) is 0 Å². The van der Waals surface area contributed by atoms with E-state index in [-0.39, 0.29) is 6.10 Å². The first-order valence-corrected chi connectivity index (χ1v) is 6.04. The van der Waals surface area contributed by atoms with Crippen molar-refractivity contribution < 1.29 is 9.47 Å². The first-order chi connectivity index (χ1) is 8.20. The third-order valence-corrected chi connectivity index (χ3v) is 3.17. The highest BCUT2D eigenvalue weighted by Gasteiger charge is 2.23. The molecule has 4 nitrogen and oxygen atoms in total. The molecule has 1 heterocycles. The molecule has 1 aliphatic rings. The minimum atomic E-state index is 0.119. The van der Waals surface area contributed by atoms with E-state index in [9.17, 15) is 0 Å². The molecule has 4 heteroatoms. The van der Waals surface area contributed by atoms with E-state index in [2.05, 4.69) is 12.2 Å². The fourth-order valence-corrected chi connectivity index (χ4v) is 2.18. The Bertz CT molecular complexity index is 376. The molecule has 0 bridgehead atoms. The number of nitrogen functional groups attached to an aromatic ring is 1. The fourth-order valence-electron chi connectivity index (χ4n) is 2.18. The molecule has 0 aliphatic carbocycles. The van der Waals surface area contributed by atoms with Gasteiger partial charge in [-0.15, -0.1) is 0 Å². The average molecular weight is 236 g/mol. The SMILES string of the molecule is COc1ccc(N)cc1OC(C)C1CCCN1. The third kappa shape index (κ3) is 2.82. The molecule has 1 saturated heterocycles. The number of nitrogens with two attached hydrogens (primary N) is 1. The van der Waals surface area contributed by atoms with Crippen LogP contribution in [0.5, 0.6) is 11.5 Å². The minimum Gasteiger partial charge on any atom is -0.493 e. The zero-order valence-electron chi connectivity index (χ0n) is 10.4. The summed E-state index contributed by atoms with van der Waals surface area (Å²) >= 11 is 0. The van der Waals surface area contributed by atoms with Crippen LogP contribution in [-0.2, 0) is 0 Å². The van der Waals surface area contributed by atoms with Gasteiger partial charge in [-0.2, -0.15) is 0 Å². The van der Waals surface area contributed by atoms with Crippen LogP contribution in [0.1, 0.15) is 19.8 Å². The molecule has 17 heavy (non-hydrogen) atoms. The van der Waals surface area contributed by atoms with Crippen molar-refractivity contribution in [1.82, 2.24) is 5.32 Å². The molecule has 1 aliphatic heterocycles. The Morgan fingerprint density at radius 3 is 2.88 bits per heavy atom. The Morgan fingerprint density at radius 2 is 2.24 bits per heavy atom. The van der Waals surface area contributed by atoms with E-state index in [0.717, 1.165) is 18.7 Å². The molecule has 1 fully saturated rings. The first kappa shape index (κ1) is 12.0. The van der Waals surface area contributed by atoms with E-state index < -0.39 is 0 Å². The van der Waals surface area contributed by atoms with Crippen molar-refractivity contribution in [2.24, 2.45) is 0 Å². The van der Waals surface area contributed by atoms with Gasteiger partial charge in [-0.25, -0.2) is 0 Å². The Kier molecular flexibility index (Phi) is 3.74. The summed E-state index contributed by atoms with van der Waals surface area (Å²) in [5.41, 5.74) is 6.45. The quantitative estimate of drug-likeness (QED) is 0.783. The van der Waals surface area contributed by atoms with E-state index in [1.165, 1.54) is 6.42 Å². The summed E-state index contributed by atoms with van der Waals surface area (Å²) in [6, 6.07) is 5.87. The molecule has 2 unspecified atom stereocenters. The maximum Gasteiger partial charge on any atom is 0.163 e. The molecule has 0 radical (unpaired) electrons. The topological polar surface area (TPSA) is 56.5 Å². The van der Waals surface area contributed by atoms with Gasteiger partial charge in [0.25, 0.3) is 0 Å². The smallest absolute Gasteiger partial charge is 0.163 e. The van der Waals surface area contributed by atoms with Gasteiger partial charge in [-0.1, -0.05) is 0 Å². The summed E-state index contributed by atoms with van der Waals surface area (Å²) in [6.07, 6.45) is 2.49. The van der Waals surface area contributed by atoms with E-state index in [0.29, 0.717) is 17.5 Å². The maximum absolute atomic E-state index is 5.93. The molecular weight excluding hydrogens is 216 g/mol. The summed E-state index contributed by atoms with van der Waals surface area (Å²) < 4.78 is 11.2. The van der Waals surface area contributed by atoms with Crippen molar-refractivity contribution in [3.8, 4) is 11.5 Å². The van der Waals surface area contributed by atoms with Crippen LogP contribution in [0.2, 0.25) is 0 Å². The van der Waals surface area contributed by atoms with Gasteiger partial charge >= 0.3 is 0 Å². The van der Waals surface area contributed by atoms with Crippen molar-refractivity contribution in [2.45, 2.75) is 31.9 Å². The first-order valence-electron chi connectivity index (χ1n) is 6.04. The molecule has 0 spiro atoms. The van der Waals surface area contributed by atoms with Crippen LogP contribution in [0.4, 0.5) is 5.69 Å². The van der Waals surface area contributed by atoms with Crippen LogP contribution < -0.4 is 20.5 Å². The summed E-state index contributed by atoms with van der Waals surface area (Å²) in [7, 11) is 1.64. The van der Waals surface area contributed by atoms with Gasteiger partial charge in [0, 0.05) is 17.8 Å². The number of ether oxygens (including phenoxy) is 2. The Labute approximate surface area is 102 Å². The van der Waals surface area contributed by atoms with E-state index in [1.54, 1.807) is 7.11 Å². The van der Waals surface area contributed by atoms with Crippen LogP contribution in [-0.4, -0.2) is 25.8 Å². The molecule has 1 aromatic carbocycles. The van der Waals surface area contributed by atoms with Gasteiger partial charge < -0.3 is 20.5 Å². The van der Waals surface area contributed by atoms with Gasteiger partial charge in [0.1, 0.15) is 6.10 Å². The second kappa shape index (κ2) is 5.27. The molecular formula is C13H20N2O2. The van der Waals surface area contributed by atoms with Crippen LogP contribution >= 0.6 is 0 Å². The van der Waals surface area contributed by atoms with Crippen molar-refractivity contribution in [2.75, 3.05) is 19.4 Å². The van der Waals surface area contributed by atoms with Crippen LogP contribution in [0.25, 0.3) is 0 Å². The normalized spacial score (nSPS) is 21.2. The Balaban J connectivity index is 2.08. The van der Waals surface area contributed by atoms with Gasteiger partial charge in [-0.3, -0.25) is 0 Å². The number of benzene rings is 1. The zero-order valence-corrected chi connectivity index (χ0v) is 10.4. The lowest BCUT2D eigenvalue weighted by Gasteiger charge is -2.22. The predicted molar refractivity (Wildman–Crippen MR) is 68.5 cm³/mol. The molecule has 0 amide bonds. The molecule has 2 rings (SSSR count). The Hall–Kier alpha value is -1.42. The maximum atomic E-state index is 5.93. The highest BCUT2D eigenvalue weighted by molar-refractivity contribution is 5.52. The van der Waals surface area contributed by atoms with Crippen LogP contribution in [0.15, 0.2) is 18.2 Å². The highest BCUT2D eigenvalue weighted by Crippen LogP contribution is 2.30. The van der Waals surface area contributed by atoms with Crippen LogP contribution in [0.3, 0.4) is 0 Å². The van der Waals surface area contributed by atoms with Gasteiger partial charge in [0.15, 0.2) is 11.5 Å². The summed E-state index contributed by atoms with van der Waals surface area (Å²) in [5.74, 6) is 1.44. The second-order valence-electron chi connectivity index (χ2n) is 4.44. The third-order valence-electron chi connectivity index (χ3n) is 3.17. The molecule has 1 aromatic rings. The number of hydrogen-bond acceptors (Lipinski definition) is 4.